The number of carboxylic acids is 1. The van der Waals surface area contributed by atoms with E-state index in [1.807, 2.05) is 47.7 Å². The average molecular weight is 456 g/mol. The molecule has 1 amide bonds. The number of nitrogens with zero attached hydrogens (tertiary/aromatic N) is 3. The Morgan fingerprint density at radius 3 is 2.41 bits per heavy atom. The number of benzene rings is 2. The first kappa shape index (κ1) is 23.1. The van der Waals surface area contributed by atoms with Crippen molar-refractivity contribution < 1.29 is 24.2 Å². The summed E-state index contributed by atoms with van der Waals surface area (Å²) in [7, 11) is 6.66. The van der Waals surface area contributed by atoms with Crippen molar-refractivity contribution in [3.8, 4) is 22.8 Å². The Kier molecular flexibility index (Phi) is 7.32. The zero-order valence-electron chi connectivity index (χ0n) is 18.4. The lowest BCUT2D eigenvalue weighted by molar-refractivity contribution is -0.137. The number of aromatic nitrogens is 1. The molecule has 0 atom stereocenters. The highest BCUT2D eigenvalue weighted by atomic mass is 32.1. The van der Waals surface area contributed by atoms with Gasteiger partial charge in [-0.05, 0) is 35.9 Å². The Morgan fingerprint density at radius 2 is 1.78 bits per heavy atom. The van der Waals surface area contributed by atoms with Crippen molar-refractivity contribution in [1.82, 2.24) is 9.88 Å². The van der Waals surface area contributed by atoms with Gasteiger partial charge in [-0.15, -0.1) is 11.3 Å². The molecule has 0 spiro atoms. The number of aliphatic carboxylic acids is 1. The van der Waals surface area contributed by atoms with Crippen molar-refractivity contribution in [2.24, 2.45) is 0 Å². The summed E-state index contributed by atoms with van der Waals surface area (Å²) in [4.78, 5) is 31.0. The largest absolute Gasteiger partial charge is 0.497 e. The van der Waals surface area contributed by atoms with Crippen molar-refractivity contribution >= 4 is 28.3 Å². The molecule has 0 saturated carbocycles. The summed E-state index contributed by atoms with van der Waals surface area (Å²) < 4.78 is 10.8. The number of thiazole rings is 1. The highest BCUT2D eigenvalue weighted by molar-refractivity contribution is 7.14. The number of amides is 1. The van der Waals surface area contributed by atoms with E-state index in [0.717, 1.165) is 33.5 Å². The first-order valence-electron chi connectivity index (χ1n) is 9.77. The number of likely N-dealkylation sites (N-methyl/N-ethyl adjacent to an activating group) is 1. The molecule has 168 valence electrons. The van der Waals surface area contributed by atoms with Gasteiger partial charge in [-0.25, -0.2) is 4.98 Å². The molecule has 2 aromatic carbocycles. The molecule has 1 aromatic heterocycles. The molecule has 0 saturated heterocycles. The Hall–Kier alpha value is -3.59. The molecule has 1 N–H and O–H groups in total. The molecule has 3 aromatic rings. The molecule has 0 aliphatic carbocycles. The van der Waals surface area contributed by atoms with E-state index in [9.17, 15) is 9.59 Å². The number of carbonyl (C=O) groups excluding carboxylic acids is 1. The van der Waals surface area contributed by atoms with Crippen molar-refractivity contribution in [1.29, 1.82) is 0 Å². The second-order valence-corrected chi connectivity index (χ2v) is 8.03. The van der Waals surface area contributed by atoms with Gasteiger partial charge in [-0.3, -0.25) is 9.59 Å². The monoisotopic (exact) mass is 455 g/mol. The smallest absolute Gasteiger partial charge is 0.323 e. The summed E-state index contributed by atoms with van der Waals surface area (Å²) in [5.74, 6) is 0.0725. The van der Waals surface area contributed by atoms with Crippen LogP contribution in [0.3, 0.4) is 0 Å². The van der Waals surface area contributed by atoms with Crippen LogP contribution in [0.25, 0.3) is 11.3 Å². The summed E-state index contributed by atoms with van der Waals surface area (Å²) in [5.41, 5.74) is 3.11. The Labute approximate surface area is 190 Å². The lowest BCUT2D eigenvalue weighted by atomic mass is 10.1. The molecule has 0 aliphatic rings. The van der Waals surface area contributed by atoms with Gasteiger partial charge in [0.25, 0.3) is 5.91 Å². The average Bonchev–Trinajstić information content (AvgIpc) is 3.28. The van der Waals surface area contributed by atoms with Gasteiger partial charge in [0.05, 0.1) is 19.9 Å². The minimum absolute atomic E-state index is 0.330. The molecule has 9 heteroatoms. The number of hydrogen-bond acceptors (Lipinski definition) is 7. The van der Waals surface area contributed by atoms with E-state index in [-0.39, 0.29) is 12.5 Å². The Bertz CT molecular complexity index is 1100. The third kappa shape index (κ3) is 5.36. The summed E-state index contributed by atoms with van der Waals surface area (Å²) in [6.07, 6.45) is 0. The van der Waals surface area contributed by atoms with Gasteiger partial charge in [0.1, 0.15) is 18.0 Å². The van der Waals surface area contributed by atoms with Crippen LogP contribution in [-0.2, 0) is 11.3 Å². The normalized spacial score (nSPS) is 10.5. The summed E-state index contributed by atoms with van der Waals surface area (Å²) in [5, 5.41) is 11.7. The van der Waals surface area contributed by atoms with E-state index in [2.05, 4.69) is 0 Å². The van der Waals surface area contributed by atoms with Gasteiger partial charge in [0.15, 0.2) is 5.13 Å². The van der Waals surface area contributed by atoms with Gasteiger partial charge >= 0.3 is 5.97 Å². The Balaban J connectivity index is 1.71. The SMILES string of the molecule is COc1ccc(OC)c(-c2csc(N(C)Cc3ccc(C(=O)N(C)CC(=O)O)cc3)n2)c1. The maximum absolute atomic E-state index is 12.3. The quantitative estimate of drug-likeness (QED) is 0.527. The second-order valence-electron chi connectivity index (χ2n) is 7.19. The topological polar surface area (TPSA) is 92.2 Å². The van der Waals surface area contributed by atoms with Crippen LogP contribution < -0.4 is 14.4 Å². The minimum atomic E-state index is -1.05. The molecule has 0 radical (unpaired) electrons. The molecule has 0 aliphatic heterocycles. The molecular weight excluding hydrogens is 430 g/mol. The molecule has 0 bridgehead atoms. The molecule has 3 rings (SSSR count). The molecule has 32 heavy (non-hydrogen) atoms. The number of carboxylic acid groups (broad SMARTS) is 1. The lowest BCUT2D eigenvalue weighted by Gasteiger charge is -2.17. The molecule has 8 nitrogen and oxygen atoms in total. The molecular formula is C23H25N3O5S. The summed E-state index contributed by atoms with van der Waals surface area (Å²) in [6.45, 7) is 0.259. The maximum Gasteiger partial charge on any atom is 0.323 e. The van der Waals surface area contributed by atoms with Crippen LogP contribution in [-0.4, -0.2) is 61.7 Å². The standard InChI is InChI=1S/C23H25N3O5S/c1-25(13-21(27)28)22(29)16-7-5-15(6-8-16)12-26(2)23-24-19(14-32-23)18-11-17(30-3)9-10-20(18)31-4/h5-11,14H,12-13H2,1-4H3,(H,27,28). The van der Waals surface area contributed by atoms with Crippen LogP contribution in [0.1, 0.15) is 15.9 Å². The highest BCUT2D eigenvalue weighted by Crippen LogP contribution is 2.35. The minimum Gasteiger partial charge on any atom is -0.497 e. The van der Waals surface area contributed by atoms with Gasteiger partial charge in [-0.1, -0.05) is 12.1 Å². The number of hydrogen-bond donors (Lipinski definition) is 1. The molecule has 0 unspecified atom stereocenters. The molecule has 0 fully saturated rings. The lowest BCUT2D eigenvalue weighted by Crippen LogP contribution is -2.31. The van der Waals surface area contributed by atoms with Gasteiger partial charge in [-0.2, -0.15) is 0 Å². The van der Waals surface area contributed by atoms with Crippen molar-refractivity contribution in [3.63, 3.8) is 0 Å². The number of methoxy groups -OCH3 is 2. The third-order valence-corrected chi connectivity index (χ3v) is 5.80. The van der Waals surface area contributed by atoms with Crippen LogP contribution in [0.5, 0.6) is 11.5 Å². The fraction of sp³-hybridized carbons (Fsp3) is 0.261. The van der Waals surface area contributed by atoms with E-state index in [1.165, 1.54) is 23.3 Å². The van der Waals surface area contributed by atoms with Crippen molar-refractivity contribution in [3.05, 3.63) is 59.0 Å². The molecule has 1 heterocycles. The highest BCUT2D eigenvalue weighted by Gasteiger charge is 2.16. The van der Waals surface area contributed by atoms with Crippen LogP contribution in [0.15, 0.2) is 47.8 Å². The zero-order valence-corrected chi connectivity index (χ0v) is 19.2. The van der Waals surface area contributed by atoms with E-state index in [1.54, 1.807) is 26.4 Å². The van der Waals surface area contributed by atoms with Crippen molar-refractivity contribution in [2.75, 3.05) is 39.8 Å². The fourth-order valence-corrected chi connectivity index (χ4v) is 3.96. The first-order chi connectivity index (χ1) is 15.3. The van der Waals surface area contributed by atoms with Gasteiger partial charge in [0, 0.05) is 37.1 Å². The summed E-state index contributed by atoms with van der Waals surface area (Å²) >= 11 is 1.52. The number of carbonyl (C=O) groups is 2. The predicted octanol–water partition coefficient (Wildman–Crippen LogP) is 3.62. The van der Waals surface area contributed by atoms with Crippen molar-refractivity contribution in [2.45, 2.75) is 6.54 Å². The Morgan fingerprint density at radius 1 is 1.06 bits per heavy atom. The number of rotatable bonds is 9. The van der Waals surface area contributed by atoms with Crippen LogP contribution in [0, 0.1) is 0 Å². The van der Waals surface area contributed by atoms with E-state index >= 15 is 0 Å². The third-order valence-electron chi connectivity index (χ3n) is 4.84. The van der Waals surface area contributed by atoms with Gasteiger partial charge < -0.3 is 24.4 Å². The fourth-order valence-electron chi connectivity index (χ4n) is 3.17. The van der Waals surface area contributed by atoms with Crippen LogP contribution >= 0.6 is 11.3 Å². The van der Waals surface area contributed by atoms with E-state index < -0.39 is 5.97 Å². The predicted molar refractivity (Wildman–Crippen MR) is 124 cm³/mol. The zero-order chi connectivity index (χ0) is 23.3. The van der Waals surface area contributed by atoms with Crippen LogP contribution in [0.4, 0.5) is 5.13 Å². The summed E-state index contributed by atoms with van der Waals surface area (Å²) in [6, 6.07) is 12.7. The second kappa shape index (κ2) is 10.1. The van der Waals surface area contributed by atoms with E-state index in [4.69, 9.17) is 19.6 Å². The van der Waals surface area contributed by atoms with Gasteiger partial charge in [0.2, 0.25) is 0 Å². The number of anilines is 1. The maximum atomic E-state index is 12.3. The van der Waals surface area contributed by atoms with E-state index in [0.29, 0.717) is 12.1 Å². The number of ether oxygens (including phenoxy) is 2. The first-order valence-corrected chi connectivity index (χ1v) is 10.7. The van der Waals surface area contributed by atoms with Crippen LogP contribution in [0.2, 0.25) is 0 Å².